The molecule has 4 heteroatoms. The molecule has 2 rings (SSSR count). The van der Waals surface area contributed by atoms with Gasteiger partial charge in [0.25, 0.3) is 0 Å². The highest BCUT2D eigenvalue weighted by Gasteiger charge is 2.02. The first-order valence-electron chi connectivity index (χ1n) is 5.40. The van der Waals surface area contributed by atoms with Crippen molar-refractivity contribution < 1.29 is 0 Å². The lowest BCUT2D eigenvalue weighted by Crippen LogP contribution is -2.06. The monoisotopic (exact) mass is 247 g/mol. The van der Waals surface area contributed by atoms with Crippen molar-refractivity contribution in [3.05, 3.63) is 59.9 Å². The van der Waals surface area contributed by atoms with E-state index in [1.807, 2.05) is 41.1 Å². The van der Waals surface area contributed by atoms with Crippen molar-refractivity contribution in [2.24, 2.45) is 0 Å². The Bertz CT molecular complexity index is 505. The Kier molecular flexibility index (Phi) is 3.83. The van der Waals surface area contributed by atoms with E-state index in [-0.39, 0.29) is 0 Å². The van der Waals surface area contributed by atoms with Crippen LogP contribution >= 0.6 is 11.6 Å². The summed E-state index contributed by atoms with van der Waals surface area (Å²) in [7, 11) is 0. The van der Waals surface area contributed by atoms with Gasteiger partial charge in [0.1, 0.15) is 0 Å². The molecule has 17 heavy (non-hydrogen) atoms. The van der Waals surface area contributed by atoms with E-state index in [9.17, 15) is 0 Å². The summed E-state index contributed by atoms with van der Waals surface area (Å²) in [6.07, 6.45) is 5.51. The van der Waals surface area contributed by atoms with Gasteiger partial charge in [0.05, 0.1) is 0 Å². The Morgan fingerprint density at radius 1 is 1.41 bits per heavy atom. The molecular weight excluding hydrogens is 234 g/mol. The number of hydrogen-bond donors (Lipinski definition) is 1. The molecule has 0 spiro atoms. The van der Waals surface area contributed by atoms with Crippen LogP contribution in [0.1, 0.15) is 5.56 Å². The second-order valence-corrected chi connectivity index (χ2v) is 4.04. The average Bonchev–Trinajstić information content (AvgIpc) is 2.76. The third-order valence-electron chi connectivity index (χ3n) is 2.44. The molecule has 88 valence electrons. The molecular formula is C13H14ClN3. The Morgan fingerprint density at radius 2 is 2.24 bits per heavy atom. The number of nitrogens with zero attached hydrogens (tertiary/aromatic N) is 2. The predicted molar refractivity (Wildman–Crippen MR) is 71.2 cm³/mol. The van der Waals surface area contributed by atoms with Gasteiger partial charge in [-0.05, 0) is 11.6 Å². The molecule has 3 nitrogen and oxygen atoms in total. The summed E-state index contributed by atoms with van der Waals surface area (Å²) in [6, 6.07) is 7.77. The third kappa shape index (κ3) is 2.88. The molecule has 1 heterocycles. The zero-order valence-electron chi connectivity index (χ0n) is 9.44. The summed E-state index contributed by atoms with van der Waals surface area (Å²) in [5.41, 5.74) is 1.06. The highest BCUT2D eigenvalue weighted by atomic mass is 35.5. The number of halogens is 1. The van der Waals surface area contributed by atoms with Crippen molar-refractivity contribution in [3.63, 3.8) is 0 Å². The van der Waals surface area contributed by atoms with Gasteiger partial charge >= 0.3 is 0 Å². The Morgan fingerprint density at radius 3 is 3.00 bits per heavy atom. The van der Waals surface area contributed by atoms with Crippen molar-refractivity contribution in [2.45, 2.75) is 13.1 Å². The van der Waals surface area contributed by atoms with Crippen molar-refractivity contribution >= 4 is 17.5 Å². The van der Waals surface area contributed by atoms with E-state index in [0.717, 1.165) is 23.1 Å². The number of rotatable bonds is 5. The minimum Gasteiger partial charge on any atom is -0.352 e. The number of hydrogen-bond acceptors (Lipinski definition) is 2. The van der Waals surface area contributed by atoms with E-state index in [0.29, 0.717) is 6.54 Å². The van der Waals surface area contributed by atoms with Crippen LogP contribution in [0.5, 0.6) is 0 Å². The Labute approximate surface area is 106 Å². The second kappa shape index (κ2) is 5.55. The summed E-state index contributed by atoms with van der Waals surface area (Å²) < 4.78 is 1.99. The first-order valence-corrected chi connectivity index (χ1v) is 5.78. The standard InChI is InChI=1S/C13H14ClN3/c1-2-8-17-9-7-15-13(17)16-10-11-5-3-4-6-12(11)14/h2-7,9H,1,8,10H2,(H,15,16). The van der Waals surface area contributed by atoms with Crippen LogP contribution in [0.4, 0.5) is 5.95 Å². The van der Waals surface area contributed by atoms with Gasteiger partial charge in [0, 0.05) is 30.5 Å². The molecule has 0 unspecified atom stereocenters. The topological polar surface area (TPSA) is 29.9 Å². The van der Waals surface area contributed by atoms with E-state index in [2.05, 4.69) is 16.9 Å². The maximum atomic E-state index is 6.08. The fourth-order valence-electron chi connectivity index (χ4n) is 1.58. The van der Waals surface area contributed by atoms with Crippen molar-refractivity contribution in [2.75, 3.05) is 5.32 Å². The Hall–Kier alpha value is -1.74. The number of imidazole rings is 1. The summed E-state index contributed by atoms with van der Waals surface area (Å²) in [5.74, 6) is 0.824. The number of allylic oxidation sites excluding steroid dienone is 1. The molecule has 0 aliphatic heterocycles. The maximum absolute atomic E-state index is 6.08. The van der Waals surface area contributed by atoms with E-state index >= 15 is 0 Å². The van der Waals surface area contributed by atoms with Crippen LogP contribution in [-0.2, 0) is 13.1 Å². The highest BCUT2D eigenvalue weighted by Crippen LogP contribution is 2.16. The fraction of sp³-hybridized carbons (Fsp3) is 0.154. The molecule has 0 saturated heterocycles. The van der Waals surface area contributed by atoms with Crippen molar-refractivity contribution in [1.29, 1.82) is 0 Å². The van der Waals surface area contributed by atoms with Crippen LogP contribution in [-0.4, -0.2) is 9.55 Å². The lowest BCUT2D eigenvalue weighted by atomic mass is 10.2. The number of benzene rings is 1. The van der Waals surface area contributed by atoms with E-state index in [1.165, 1.54) is 0 Å². The van der Waals surface area contributed by atoms with Gasteiger partial charge in [0.2, 0.25) is 5.95 Å². The summed E-state index contributed by atoms with van der Waals surface area (Å²) in [5, 5.41) is 4.02. The van der Waals surface area contributed by atoms with E-state index in [1.54, 1.807) is 6.20 Å². The molecule has 0 aliphatic carbocycles. The molecule has 0 fully saturated rings. The van der Waals surface area contributed by atoms with Gasteiger partial charge < -0.3 is 9.88 Å². The molecule has 0 amide bonds. The summed E-state index contributed by atoms with van der Waals surface area (Å²) >= 11 is 6.08. The molecule has 0 saturated carbocycles. The smallest absolute Gasteiger partial charge is 0.203 e. The second-order valence-electron chi connectivity index (χ2n) is 3.64. The number of anilines is 1. The molecule has 0 atom stereocenters. The quantitative estimate of drug-likeness (QED) is 0.822. The highest BCUT2D eigenvalue weighted by molar-refractivity contribution is 6.31. The van der Waals surface area contributed by atoms with Gasteiger partial charge in [-0.15, -0.1) is 6.58 Å². The van der Waals surface area contributed by atoms with Crippen LogP contribution < -0.4 is 5.32 Å². The minimum atomic E-state index is 0.661. The van der Waals surface area contributed by atoms with Gasteiger partial charge in [-0.2, -0.15) is 0 Å². The maximum Gasteiger partial charge on any atom is 0.203 e. The van der Waals surface area contributed by atoms with Gasteiger partial charge in [-0.3, -0.25) is 0 Å². The van der Waals surface area contributed by atoms with Crippen LogP contribution in [0.15, 0.2) is 49.3 Å². The molecule has 1 aromatic carbocycles. The predicted octanol–water partition coefficient (Wildman–Crippen LogP) is 3.33. The molecule has 0 radical (unpaired) electrons. The molecule has 1 N–H and O–H groups in total. The van der Waals surface area contributed by atoms with Crippen molar-refractivity contribution in [1.82, 2.24) is 9.55 Å². The lowest BCUT2D eigenvalue weighted by Gasteiger charge is -2.09. The fourth-order valence-corrected chi connectivity index (χ4v) is 1.78. The largest absolute Gasteiger partial charge is 0.352 e. The number of aromatic nitrogens is 2. The van der Waals surface area contributed by atoms with Crippen LogP contribution in [0.2, 0.25) is 5.02 Å². The van der Waals surface area contributed by atoms with Crippen LogP contribution in [0.3, 0.4) is 0 Å². The first kappa shape index (κ1) is 11.7. The van der Waals surface area contributed by atoms with Crippen molar-refractivity contribution in [3.8, 4) is 0 Å². The molecule has 1 aromatic heterocycles. The average molecular weight is 248 g/mol. The van der Waals surface area contributed by atoms with Gasteiger partial charge in [-0.25, -0.2) is 4.98 Å². The summed E-state index contributed by atoms with van der Waals surface area (Å²) in [6.45, 7) is 5.11. The normalized spacial score (nSPS) is 10.2. The molecule has 2 aromatic rings. The zero-order valence-corrected chi connectivity index (χ0v) is 10.2. The third-order valence-corrected chi connectivity index (χ3v) is 2.80. The summed E-state index contributed by atoms with van der Waals surface area (Å²) in [4.78, 5) is 4.24. The molecule has 0 bridgehead atoms. The lowest BCUT2D eigenvalue weighted by molar-refractivity contribution is 0.820. The van der Waals surface area contributed by atoms with E-state index < -0.39 is 0 Å². The van der Waals surface area contributed by atoms with Crippen LogP contribution in [0, 0.1) is 0 Å². The number of nitrogens with one attached hydrogen (secondary N) is 1. The van der Waals surface area contributed by atoms with Crippen LogP contribution in [0.25, 0.3) is 0 Å². The van der Waals surface area contributed by atoms with E-state index in [4.69, 9.17) is 11.6 Å². The minimum absolute atomic E-state index is 0.661. The molecule has 0 aliphatic rings. The van der Waals surface area contributed by atoms with Gasteiger partial charge in [-0.1, -0.05) is 35.9 Å². The van der Waals surface area contributed by atoms with Gasteiger partial charge in [0.15, 0.2) is 0 Å². The zero-order chi connectivity index (χ0) is 12.1. The Balaban J connectivity index is 2.05. The SMILES string of the molecule is C=CCn1ccnc1NCc1ccccc1Cl. The first-order chi connectivity index (χ1) is 8.31.